The summed E-state index contributed by atoms with van der Waals surface area (Å²) in [5.41, 5.74) is 0.850. The zero-order chi connectivity index (χ0) is 23.8. The van der Waals surface area contributed by atoms with Crippen molar-refractivity contribution in [2.45, 2.75) is 52.4 Å². The Kier molecular flexibility index (Phi) is 15.3. The first-order valence-electron chi connectivity index (χ1n) is 9.77. The van der Waals surface area contributed by atoms with E-state index in [0.29, 0.717) is 11.1 Å². The van der Waals surface area contributed by atoms with Crippen LogP contribution in [0.2, 0.25) is 0 Å². The van der Waals surface area contributed by atoms with Gasteiger partial charge in [-0.1, -0.05) is 41.5 Å². The van der Waals surface area contributed by atoms with Gasteiger partial charge < -0.3 is 35.0 Å². The van der Waals surface area contributed by atoms with Crippen molar-refractivity contribution in [2.24, 2.45) is 0 Å². The van der Waals surface area contributed by atoms with Gasteiger partial charge in [-0.2, -0.15) is 0 Å². The molecule has 2 nitrogen and oxygen atoms in total. The van der Waals surface area contributed by atoms with Gasteiger partial charge in [-0.05, 0) is 47.2 Å². The van der Waals surface area contributed by atoms with Crippen LogP contribution < -0.4 is 24.8 Å². The Morgan fingerprint density at radius 1 is 0.758 bits per heavy atom. The Hall–Kier alpha value is -1.24. The Morgan fingerprint density at radius 2 is 1.15 bits per heavy atom. The monoisotopic (exact) mass is 550 g/mol. The van der Waals surface area contributed by atoms with Gasteiger partial charge in [0.2, 0.25) is 0 Å². The molecule has 0 aliphatic rings. The number of phenolic OH excluding ortho intramolecular Hbond substituents is 2. The first-order chi connectivity index (χ1) is 14.3. The molecular weight excluding hydrogens is 521 g/mol. The van der Waals surface area contributed by atoms with E-state index in [1.807, 2.05) is 61.5 Å². The van der Waals surface area contributed by atoms with Crippen LogP contribution in [-0.4, -0.2) is 14.5 Å². The first kappa shape index (κ1) is 33.9. The van der Waals surface area contributed by atoms with E-state index in [1.165, 1.54) is 41.3 Å². The molecule has 0 aliphatic heterocycles. The molecule has 0 unspecified atom stereocenters. The molecule has 0 spiro atoms. The zero-order valence-corrected chi connectivity index (χ0v) is 23.5. The van der Waals surface area contributed by atoms with Gasteiger partial charge >= 0.3 is 58.0 Å². The molecule has 3 rings (SSSR count). The maximum atomic E-state index is 12.8. The van der Waals surface area contributed by atoms with E-state index in [-0.39, 0.29) is 58.8 Å². The van der Waals surface area contributed by atoms with Gasteiger partial charge in [-0.25, -0.2) is 8.78 Å². The number of halogens is 4. The fourth-order valence-electron chi connectivity index (χ4n) is 2.59. The molecular formula is C25H30Cl2F2O2STi-2. The molecule has 0 amide bonds. The molecule has 0 saturated carbocycles. The molecule has 2 aromatic carbocycles. The molecule has 33 heavy (non-hydrogen) atoms. The molecule has 0 fully saturated rings. The molecule has 0 saturated heterocycles. The van der Waals surface area contributed by atoms with Crippen LogP contribution in [-0.2, 0) is 30.8 Å². The molecule has 1 heterocycles. The Balaban J connectivity index is 0. The van der Waals surface area contributed by atoms with Crippen molar-refractivity contribution in [3.05, 3.63) is 81.5 Å². The average Bonchev–Trinajstić information content (AvgIpc) is 3.19. The van der Waals surface area contributed by atoms with Crippen LogP contribution in [0.5, 0.6) is 11.5 Å². The second-order valence-electron chi connectivity index (χ2n) is 8.98. The van der Waals surface area contributed by atoms with Crippen LogP contribution in [0.3, 0.4) is 0 Å². The summed E-state index contributed by atoms with van der Waals surface area (Å²) >= 11 is 3.81. The molecule has 2 N–H and O–H groups in total. The SMILES string of the molecule is CC(C)(C)c1cc(F)ccc1O.CC(C)(C)c1cc(F)ccc1O.[Cl-].[Cl-].[Ti]=[CH]c1cccs1. The summed E-state index contributed by atoms with van der Waals surface area (Å²) in [7, 11) is 0. The van der Waals surface area contributed by atoms with Crippen LogP contribution >= 0.6 is 11.3 Å². The van der Waals surface area contributed by atoms with Crippen molar-refractivity contribution in [1.82, 2.24) is 0 Å². The average molecular weight is 551 g/mol. The van der Waals surface area contributed by atoms with E-state index < -0.39 is 0 Å². The van der Waals surface area contributed by atoms with E-state index >= 15 is 0 Å². The molecule has 8 heteroatoms. The number of hydrogen-bond donors (Lipinski definition) is 2. The number of benzene rings is 2. The number of rotatable bonds is 1. The minimum absolute atomic E-state index is 0. The van der Waals surface area contributed by atoms with Crippen LogP contribution in [0.1, 0.15) is 57.5 Å². The van der Waals surface area contributed by atoms with E-state index in [4.69, 9.17) is 0 Å². The zero-order valence-electron chi connectivity index (χ0n) is 19.6. The standard InChI is InChI=1S/2C10H13FO.C5H4S.2ClH.Ti/c2*1-10(2,3)8-6-7(11)4-5-9(8)12;1-5-3-2-4-6-5;;;/h2*4-6,12H,1-3H3;1-4H;2*1H;/p-2. The van der Waals surface area contributed by atoms with Gasteiger partial charge in [0.25, 0.3) is 0 Å². The summed E-state index contributed by atoms with van der Waals surface area (Å²) in [6.07, 6.45) is 0. The third-order valence-electron chi connectivity index (χ3n) is 4.22. The Labute approximate surface area is 223 Å². The molecule has 0 radical (unpaired) electrons. The summed E-state index contributed by atoms with van der Waals surface area (Å²) in [5, 5.41) is 20.9. The number of thiophene rings is 1. The maximum absolute atomic E-state index is 12.8. The molecule has 0 atom stereocenters. The Bertz CT molecular complexity index is 922. The predicted octanol–water partition coefficient (Wildman–Crippen LogP) is 1.11. The van der Waals surface area contributed by atoms with Gasteiger partial charge in [-0.3, -0.25) is 0 Å². The summed E-state index contributed by atoms with van der Waals surface area (Å²) in [6.45, 7) is 11.6. The predicted molar refractivity (Wildman–Crippen MR) is 123 cm³/mol. The van der Waals surface area contributed by atoms with Crippen molar-refractivity contribution in [3.63, 3.8) is 0 Å². The third-order valence-corrected chi connectivity index (χ3v) is 5.85. The number of aromatic hydroxyl groups is 2. The van der Waals surface area contributed by atoms with Crippen LogP contribution in [0.15, 0.2) is 53.9 Å². The molecule has 0 aliphatic carbocycles. The molecule has 0 bridgehead atoms. The first-order valence-corrected chi connectivity index (χ1v) is 11.6. The summed E-state index contributed by atoms with van der Waals surface area (Å²) in [6, 6.07) is 12.2. The van der Waals surface area contributed by atoms with E-state index in [9.17, 15) is 19.0 Å². The van der Waals surface area contributed by atoms with Crippen LogP contribution in [0.4, 0.5) is 8.78 Å². The van der Waals surface area contributed by atoms with Crippen molar-refractivity contribution >= 4 is 15.7 Å². The topological polar surface area (TPSA) is 40.5 Å². The second kappa shape index (κ2) is 14.9. The minimum atomic E-state index is -0.308. The summed E-state index contributed by atoms with van der Waals surface area (Å²) < 4.78 is 27.6. The normalized spacial score (nSPS) is 10.3. The van der Waals surface area contributed by atoms with E-state index in [0.717, 1.165) is 0 Å². The molecule has 182 valence electrons. The quantitative estimate of drug-likeness (QED) is 0.446. The van der Waals surface area contributed by atoms with Crippen molar-refractivity contribution in [2.75, 3.05) is 0 Å². The van der Waals surface area contributed by atoms with E-state index in [1.54, 1.807) is 11.3 Å². The fourth-order valence-corrected chi connectivity index (χ4v) is 3.60. The number of phenols is 2. The van der Waals surface area contributed by atoms with Crippen LogP contribution in [0.25, 0.3) is 0 Å². The third kappa shape index (κ3) is 12.2. The fraction of sp³-hybridized carbons (Fsp3) is 0.320. The molecule has 1 aromatic heterocycles. The molecule has 3 aromatic rings. The Morgan fingerprint density at radius 3 is 1.36 bits per heavy atom. The van der Waals surface area contributed by atoms with Crippen LogP contribution in [0, 0.1) is 11.6 Å². The van der Waals surface area contributed by atoms with Gasteiger partial charge in [0.1, 0.15) is 23.1 Å². The van der Waals surface area contributed by atoms with Gasteiger partial charge in [0.05, 0.1) is 0 Å². The van der Waals surface area contributed by atoms with Crippen molar-refractivity contribution in [1.29, 1.82) is 0 Å². The summed E-state index contributed by atoms with van der Waals surface area (Å²) in [5.74, 6) is -0.303. The second-order valence-corrected chi connectivity index (χ2v) is 10.4. The van der Waals surface area contributed by atoms with Gasteiger partial charge in [0, 0.05) is 11.1 Å². The van der Waals surface area contributed by atoms with Gasteiger partial charge in [-0.15, -0.1) is 0 Å². The van der Waals surface area contributed by atoms with Crippen molar-refractivity contribution in [3.8, 4) is 11.5 Å². The van der Waals surface area contributed by atoms with Crippen molar-refractivity contribution < 1.29 is 63.8 Å². The van der Waals surface area contributed by atoms with Gasteiger partial charge in [0.15, 0.2) is 0 Å². The summed E-state index contributed by atoms with van der Waals surface area (Å²) in [4.78, 5) is 1.35. The van der Waals surface area contributed by atoms with E-state index in [2.05, 4.69) is 21.8 Å². The number of hydrogen-bond acceptors (Lipinski definition) is 3.